The molecule has 21 heavy (non-hydrogen) atoms. The van der Waals surface area contributed by atoms with E-state index < -0.39 is 0 Å². The van der Waals surface area contributed by atoms with E-state index in [0.29, 0.717) is 17.8 Å². The molecule has 1 fully saturated rings. The largest absolute Gasteiger partial charge is 0.508 e. The normalized spacial score (nSPS) is 22.0. The lowest BCUT2D eigenvalue weighted by Gasteiger charge is -2.34. The van der Waals surface area contributed by atoms with E-state index in [2.05, 4.69) is 18.7 Å². The minimum Gasteiger partial charge on any atom is -0.508 e. The van der Waals surface area contributed by atoms with Crippen LogP contribution >= 0.6 is 0 Å². The first-order valence-corrected chi connectivity index (χ1v) is 8.36. The maximum absolute atomic E-state index is 9.62. The third kappa shape index (κ3) is 3.18. The van der Waals surface area contributed by atoms with Crippen molar-refractivity contribution in [2.45, 2.75) is 58.0 Å². The van der Waals surface area contributed by atoms with Gasteiger partial charge in [0, 0.05) is 17.7 Å². The number of hydrogen-bond acceptors (Lipinski definition) is 3. The van der Waals surface area contributed by atoms with Gasteiger partial charge in [-0.15, -0.1) is 0 Å². The van der Waals surface area contributed by atoms with E-state index in [9.17, 15) is 5.11 Å². The van der Waals surface area contributed by atoms with Gasteiger partial charge in [-0.1, -0.05) is 26.7 Å². The second-order valence-corrected chi connectivity index (χ2v) is 6.91. The molecule has 3 rings (SSSR count). The molecule has 0 radical (unpaired) electrons. The molecule has 1 aromatic carbocycles. The fourth-order valence-electron chi connectivity index (χ4n) is 3.69. The number of ether oxygens (including phenoxy) is 1. The predicted molar refractivity (Wildman–Crippen MR) is 84.8 cm³/mol. The summed E-state index contributed by atoms with van der Waals surface area (Å²) >= 11 is 0. The van der Waals surface area contributed by atoms with Crippen LogP contribution in [0.4, 0.5) is 0 Å². The van der Waals surface area contributed by atoms with Gasteiger partial charge in [0.1, 0.15) is 18.1 Å². The number of nitrogens with zero attached hydrogens (tertiary/aromatic N) is 1. The molecule has 1 unspecified atom stereocenters. The van der Waals surface area contributed by atoms with Crippen LogP contribution in [-0.4, -0.2) is 29.2 Å². The van der Waals surface area contributed by atoms with Gasteiger partial charge in [0.05, 0.1) is 6.04 Å². The Hall–Kier alpha value is -1.22. The summed E-state index contributed by atoms with van der Waals surface area (Å²) in [5.74, 6) is 1.90. The number of phenols is 1. The molecular weight excluding hydrogens is 262 g/mol. The second-order valence-electron chi connectivity index (χ2n) is 6.91. The molecule has 0 saturated heterocycles. The molecule has 1 atom stereocenters. The molecule has 1 saturated carbocycles. The van der Waals surface area contributed by atoms with E-state index in [1.54, 1.807) is 12.1 Å². The van der Waals surface area contributed by atoms with Crippen molar-refractivity contribution in [3.05, 3.63) is 23.8 Å². The number of aromatic hydroxyl groups is 1. The molecule has 2 aliphatic rings. The van der Waals surface area contributed by atoms with Crippen LogP contribution in [0.1, 0.15) is 57.6 Å². The number of fused-ring (bicyclic) bond motifs is 1. The lowest BCUT2D eigenvalue weighted by molar-refractivity contribution is 0.108. The first kappa shape index (κ1) is 14.7. The Labute approximate surface area is 127 Å². The molecule has 0 spiro atoms. The minimum atomic E-state index is 0.295. The third-order valence-corrected chi connectivity index (χ3v) is 4.91. The summed E-state index contributed by atoms with van der Waals surface area (Å²) in [5, 5.41) is 9.62. The van der Waals surface area contributed by atoms with Gasteiger partial charge in [-0.3, -0.25) is 4.90 Å². The SMILES string of the molecule is CC(C)CCN(C1CCCC1)C1COc2cc(O)ccc21. The van der Waals surface area contributed by atoms with Crippen LogP contribution in [0.25, 0.3) is 0 Å². The fraction of sp³-hybridized carbons (Fsp3) is 0.667. The van der Waals surface area contributed by atoms with Gasteiger partial charge >= 0.3 is 0 Å². The van der Waals surface area contributed by atoms with Crippen LogP contribution in [0, 0.1) is 5.92 Å². The summed E-state index contributed by atoms with van der Waals surface area (Å²) in [6.45, 7) is 6.47. The summed E-state index contributed by atoms with van der Waals surface area (Å²) in [6.07, 6.45) is 6.60. The predicted octanol–water partition coefficient (Wildman–Crippen LogP) is 4.12. The Morgan fingerprint density at radius 3 is 2.76 bits per heavy atom. The van der Waals surface area contributed by atoms with Crippen molar-refractivity contribution < 1.29 is 9.84 Å². The van der Waals surface area contributed by atoms with E-state index in [0.717, 1.165) is 24.8 Å². The minimum absolute atomic E-state index is 0.295. The average Bonchev–Trinajstić information content (AvgIpc) is 3.09. The molecule has 1 aliphatic carbocycles. The van der Waals surface area contributed by atoms with Crippen molar-refractivity contribution in [1.29, 1.82) is 0 Å². The highest BCUT2D eigenvalue weighted by atomic mass is 16.5. The van der Waals surface area contributed by atoms with Crippen molar-refractivity contribution >= 4 is 0 Å². The molecule has 1 aromatic rings. The molecule has 1 N–H and O–H groups in total. The Balaban J connectivity index is 1.80. The zero-order chi connectivity index (χ0) is 14.8. The van der Waals surface area contributed by atoms with Crippen molar-refractivity contribution in [3.8, 4) is 11.5 Å². The second kappa shape index (κ2) is 6.27. The monoisotopic (exact) mass is 289 g/mol. The van der Waals surface area contributed by atoms with Crippen LogP contribution in [0.3, 0.4) is 0 Å². The zero-order valence-electron chi connectivity index (χ0n) is 13.2. The van der Waals surface area contributed by atoms with Gasteiger partial charge in [0.2, 0.25) is 0 Å². The van der Waals surface area contributed by atoms with E-state index in [1.807, 2.05) is 6.07 Å². The molecule has 0 aromatic heterocycles. The molecule has 3 nitrogen and oxygen atoms in total. The Morgan fingerprint density at radius 2 is 2.05 bits per heavy atom. The Bertz CT molecular complexity index is 480. The smallest absolute Gasteiger partial charge is 0.127 e. The van der Waals surface area contributed by atoms with Gasteiger partial charge < -0.3 is 9.84 Å². The number of phenolic OH excluding ortho intramolecular Hbond substituents is 1. The Morgan fingerprint density at radius 1 is 1.29 bits per heavy atom. The number of rotatable bonds is 5. The average molecular weight is 289 g/mol. The van der Waals surface area contributed by atoms with Crippen LogP contribution in [0.5, 0.6) is 11.5 Å². The van der Waals surface area contributed by atoms with Gasteiger partial charge in [-0.25, -0.2) is 0 Å². The first-order valence-electron chi connectivity index (χ1n) is 8.36. The highest BCUT2D eigenvalue weighted by Gasteiger charge is 2.34. The Kier molecular flexibility index (Phi) is 4.39. The van der Waals surface area contributed by atoms with E-state index in [1.165, 1.54) is 37.7 Å². The lowest BCUT2D eigenvalue weighted by atomic mass is 10.0. The summed E-state index contributed by atoms with van der Waals surface area (Å²) in [4.78, 5) is 2.68. The standard InChI is InChI=1S/C18H27NO2/c1-13(2)9-10-19(14-5-3-4-6-14)17-12-21-18-11-15(20)7-8-16(17)18/h7-8,11,13-14,17,20H,3-6,9-10,12H2,1-2H3. The van der Waals surface area contributed by atoms with Crippen molar-refractivity contribution in [2.24, 2.45) is 5.92 Å². The topological polar surface area (TPSA) is 32.7 Å². The molecule has 0 bridgehead atoms. The lowest BCUT2D eigenvalue weighted by Crippen LogP contribution is -2.38. The first-order chi connectivity index (χ1) is 10.1. The molecule has 0 amide bonds. The van der Waals surface area contributed by atoms with Crippen LogP contribution < -0.4 is 4.74 Å². The van der Waals surface area contributed by atoms with Crippen LogP contribution in [0.2, 0.25) is 0 Å². The van der Waals surface area contributed by atoms with Crippen LogP contribution in [0.15, 0.2) is 18.2 Å². The van der Waals surface area contributed by atoms with Gasteiger partial charge in [-0.05, 0) is 43.9 Å². The van der Waals surface area contributed by atoms with E-state index in [4.69, 9.17) is 4.74 Å². The number of benzene rings is 1. The van der Waals surface area contributed by atoms with Crippen molar-refractivity contribution in [1.82, 2.24) is 4.90 Å². The maximum Gasteiger partial charge on any atom is 0.127 e. The molecule has 1 aliphatic heterocycles. The highest BCUT2D eigenvalue weighted by Crippen LogP contribution is 2.41. The third-order valence-electron chi connectivity index (χ3n) is 4.91. The number of hydrogen-bond donors (Lipinski definition) is 1. The van der Waals surface area contributed by atoms with Crippen molar-refractivity contribution in [2.75, 3.05) is 13.2 Å². The maximum atomic E-state index is 9.62. The summed E-state index contributed by atoms with van der Waals surface area (Å²) in [7, 11) is 0. The molecule has 1 heterocycles. The summed E-state index contributed by atoms with van der Waals surface area (Å²) in [5.41, 5.74) is 1.25. The van der Waals surface area contributed by atoms with E-state index >= 15 is 0 Å². The quantitative estimate of drug-likeness (QED) is 0.885. The van der Waals surface area contributed by atoms with Gasteiger partial charge in [0.15, 0.2) is 0 Å². The highest BCUT2D eigenvalue weighted by molar-refractivity contribution is 5.44. The van der Waals surface area contributed by atoms with Crippen molar-refractivity contribution in [3.63, 3.8) is 0 Å². The zero-order valence-corrected chi connectivity index (χ0v) is 13.2. The van der Waals surface area contributed by atoms with Gasteiger partial charge in [-0.2, -0.15) is 0 Å². The molecule has 3 heteroatoms. The van der Waals surface area contributed by atoms with Crippen LogP contribution in [-0.2, 0) is 0 Å². The molecule has 116 valence electrons. The summed E-state index contributed by atoms with van der Waals surface area (Å²) < 4.78 is 5.84. The molecular formula is C18H27NO2. The van der Waals surface area contributed by atoms with E-state index in [-0.39, 0.29) is 0 Å². The fourth-order valence-corrected chi connectivity index (χ4v) is 3.69. The summed E-state index contributed by atoms with van der Waals surface area (Å²) in [6, 6.07) is 6.65. The van der Waals surface area contributed by atoms with Gasteiger partial charge in [0.25, 0.3) is 0 Å².